The van der Waals surface area contributed by atoms with Crippen LogP contribution in [-0.2, 0) is 0 Å². The molecule has 0 fully saturated rings. The summed E-state index contributed by atoms with van der Waals surface area (Å²) < 4.78 is 1.07. The Morgan fingerprint density at radius 3 is 2.48 bits per heavy atom. The number of benzene rings is 1. The summed E-state index contributed by atoms with van der Waals surface area (Å²) in [5.74, 6) is 0. The van der Waals surface area contributed by atoms with Gasteiger partial charge in [-0.25, -0.2) is 9.78 Å². The minimum Gasteiger partial charge on any atom is -0.333 e. The Morgan fingerprint density at radius 1 is 1.19 bits per heavy atom. The SMILES string of the molecule is CC(C)(C)CC(C)(C)NC(=O)Nc1nc2ccccc2s1. The number of para-hydroxylation sites is 1. The molecule has 0 spiro atoms. The number of carbonyl (C=O) groups excluding carboxylic acids is 1. The summed E-state index contributed by atoms with van der Waals surface area (Å²) in [5.41, 5.74) is 0.804. The predicted molar refractivity (Wildman–Crippen MR) is 89.9 cm³/mol. The fourth-order valence-electron chi connectivity index (χ4n) is 2.73. The minimum absolute atomic E-state index is 0.159. The van der Waals surface area contributed by atoms with Crippen molar-refractivity contribution in [2.45, 2.75) is 46.6 Å². The molecule has 1 aromatic carbocycles. The Balaban J connectivity index is 2.01. The zero-order valence-electron chi connectivity index (χ0n) is 13.3. The van der Waals surface area contributed by atoms with Crippen LogP contribution in [0.25, 0.3) is 10.2 Å². The van der Waals surface area contributed by atoms with Gasteiger partial charge in [-0.1, -0.05) is 44.2 Å². The van der Waals surface area contributed by atoms with Gasteiger partial charge in [-0.15, -0.1) is 0 Å². The molecule has 2 rings (SSSR count). The summed E-state index contributed by atoms with van der Waals surface area (Å²) in [7, 11) is 0. The zero-order chi connectivity index (χ0) is 15.7. The van der Waals surface area contributed by atoms with E-state index in [4.69, 9.17) is 0 Å². The summed E-state index contributed by atoms with van der Waals surface area (Å²) >= 11 is 1.48. The number of thiazole rings is 1. The number of nitrogens with zero attached hydrogens (tertiary/aromatic N) is 1. The van der Waals surface area contributed by atoms with Gasteiger partial charge in [0.15, 0.2) is 5.13 Å². The molecule has 5 heteroatoms. The van der Waals surface area contributed by atoms with Gasteiger partial charge in [-0.05, 0) is 37.8 Å². The molecule has 4 nitrogen and oxygen atoms in total. The maximum absolute atomic E-state index is 12.1. The van der Waals surface area contributed by atoms with Crippen LogP contribution < -0.4 is 10.6 Å². The maximum atomic E-state index is 12.1. The highest BCUT2D eigenvalue weighted by Gasteiger charge is 2.27. The van der Waals surface area contributed by atoms with Gasteiger partial charge in [-0.2, -0.15) is 0 Å². The fraction of sp³-hybridized carbons (Fsp3) is 0.500. The van der Waals surface area contributed by atoms with E-state index in [0.717, 1.165) is 16.6 Å². The number of rotatable bonds is 3. The number of urea groups is 1. The Kier molecular flexibility index (Phi) is 4.23. The van der Waals surface area contributed by atoms with Crippen LogP contribution in [0.1, 0.15) is 41.0 Å². The second-order valence-electron chi connectivity index (χ2n) is 7.19. The molecule has 2 aromatic rings. The smallest absolute Gasteiger partial charge is 0.321 e. The average molecular weight is 305 g/mol. The number of carbonyl (C=O) groups is 1. The van der Waals surface area contributed by atoms with Crippen LogP contribution in [0, 0.1) is 5.41 Å². The van der Waals surface area contributed by atoms with Crippen LogP contribution in [0.5, 0.6) is 0 Å². The van der Waals surface area contributed by atoms with E-state index in [1.54, 1.807) is 0 Å². The molecule has 0 aliphatic carbocycles. The molecular formula is C16H23N3OS. The van der Waals surface area contributed by atoms with Gasteiger partial charge in [0.25, 0.3) is 0 Å². The van der Waals surface area contributed by atoms with Crippen molar-refractivity contribution in [3.05, 3.63) is 24.3 Å². The van der Waals surface area contributed by atoms with Gasteiger partial charge in [0.2, 0.25) is 0 Å². The number of fused-ring (bicyclic) bond motifs is 1. The average Bonchev–Trinajstić information content (AvgIpc) is 2.65. The van der Waals surface area contributed by atoms with Crippen molar-refractivity contribution < 1.29 is 4.79 Å². The molecular weight excluding hydrogens is 282 g/mol. The van der Waals surface area contributed by atoms with Crippen LogP contribution in [0.15, 0.2) is 24.3 Å². The van der Waals surface area contributed by atoms with Crippen LogP contribution in [0.3, 0.4) is 0 Å². The normalized spacial score (nSPS) is 12.4. The molecule has 1 heterocycles. The lowest BCUT2D eigenvalue weighted by Crippen LogP contribution is -2.47. The van der Waals surface area contributed by atoms with E-state index in [2.05, 4.69) is 36.4 Å². The van der Waals surface area contributed by atoms with Crippen molar-refractivity contribution in [3.63, 3.8) is 0 Å². The lowest BCUT2D eigenvalue weighted by atomic mass is 9.82. The minimum atomic E-state index is -0.265. The van der Waals surface area contributed by atoms with E-state index < -0.39 is 0 Å². The van der Waals surface area contributed by atoms with E-state index >= 15 is 0 Å². The topological polar surface area (TPSA) is 54.0 Å². The lowest BCUT2D eigenvalue weighted by Gasteiger charge is -2.33. The van der Waals surface area contributed by atoms with E-state index in [9.17, 15) is 4.79 Å². The van der Waals surface area contributed by atoms with Gasteiger partial charge < -0.3 is 5.32 Å². The molecule has 114 valence electrons. The second-order valence-corrected chi connectivity index (χ2v) is 8.22. The number of amides is 2. The van der Waals surface area contributed by atoms with Crippen LogP contribution >= 0.6 is 11.3 Å². The van der Waals surface area contributed by atoms with Crippen molar-refractivity contribution >= 4 is 32.7 Å². The zero-order valence-corrected chi connectivity index (χ0v) is 14.1. The van der Waals surface area contributed by atoms with Gasteiger partial charge in [-0.3, -0.25) is 5.32 Å². The molecule has 21 heavy (non-hydrogen) atoms. The second kappa shape index (κ2) is 5.64. The monoisotopic (exact) mass is 305 g/mol. The van der Waals surface area contributed by atoms with E-state index in [0.29, 0.717) is 5.13 Å². The first-order valence-corrected chi connectivity index (χ1v) is 7.91. The molecule has 1 aromatic heterocycles. The molecule has 2 N–H and O–H groups in total. The molecule has 0 unspecified atom stereocenters. The Morgan fingerprint density at radius 2 is 1.86 bits per heavy atom. The number of anilines is 1. The number of aromatic nitrogens is 1. The summed E-state index contributed by atoms with van der Waals surface area (Å²) in [6.07, 6.45) is 0.896. The number of hydrogen-bond donors (Lipinski definition) is 2. The van der Waals surface area contributed by atoms with E-state index in [1.165, 1.54) is 11.3 Å². The van der Waals surface area contributed by atoms with Crippen molar-refractivity contribution in [1.82, 2.24) is 10.3 Å². The third-order valence-corrected chi connectivity index (χ3v) is 3.89. The Hall–Kier alpha value is -1.62. The largest absolute Gasteiger partial charge is 0.333 e. The predicted octanol–water partition coefficient (Wildman–Crippen LogP) is 4.63. The van der Waals surface area contributed by atoms with Crippen molar-refractivity contribution in [2.24, 2.45) is 5.41 Å². The first-order chi connectivity index (χ1) is 9.65. The molecule has 0 saturated heterocycles. The molecule has 0 radical (unpaired) electrons. The molecule has 0 bridgehead atoms. The molecule has 0 aliphatic heterocycles. The Bertz CT molecular complexity index is 607. The molecule has 0 atom stereocenters. The standard InChI is InChI=1S/C16H23N3OS/c1-15(2,3)10-16(4,5)19-13(20)18-14-17-11-8-6-7-9-12(11)21-14/h6-9H,10H2,1-5H3,(H2,17,18,19,20). The summed E-state index contributed by atoms with van der Waals surface area (Å²) in [4.78, 5) is 16.5. The molecule has 0 aliphatic rings. The molecule has 2 amide bonds. The van der Waals surface area contributed by atoms with Gasteiger partial charge >= 0.3 is 6.03 Å². The van der Waals surface area contributed by atoms with Gasteiger partial charge in [0, 0.05) is 5.54 Å². The van der Waals surface area contributed by atoms with Crippen molar-refractivity contribution in [3.8, 4) is 0 Å². The maximum Gasteiger partial charge on any atom is 0.321 e. The van der Waals surface area contributed by atoms with E-state index in [-0.39, 0.29) is 17.0 Å². The van der Waals surface area contributed by atoms with Crippen LogP contribution in [0.2, 0.25) is 0 Å². The number of nitrogens with one attached hydrogen (secondary N) is 2. The fourth-order valence-corrected chi connectivity index (χ4v) is 3.59. The lowest BCUT2D eigenvalue weighted by molar-refractivity contribution is 0.220. The highest BCUT2D eigenvalue weighted by atomic mass is 32.1. The highest BCUT2D eigenvalue weighted by Crippen LogP contribution is 2.28. The summed E-state index contributed by atoms with van der Waals surface area (Å²) in [6, 6.07) is 7.65. The quantitative estimate of drug-likeness (QED) is 0.868. The first-order valence-electron chi connectivity index (χ1n) is 7.09. The first kappa shape index (κ1) is 15.8. The number of hydrogen-bond acceptors (Lipinski definition) is 3. The summed E-state index contributed by atoms with van der Waals surface area (Å²) in [6.45, 7) is 10.6. The third kappa shape index (κ3) is 4.70. The van der Waals surface area contributed by atoms with Crippen molar-refractivity contribution in [1.29, 1.82) is 0 Å². The van der Waals surface area contributed by atoms with Crippen LogP contribution in [-0.4, -0.2) is 16.6 Å². The third-order valence-electron chi connectivity index (χ3n) is 2.94. The van der Waals surface area contributed by atoms with E-state index in [1.807, 2.05) is 38.1 Å². The summed E-state index contributed by atoms with van der Waals surface area (Å²) in [5, 5.41) is 6.48. The van der Waals surface area contributed by atoms with Crippen molar-refractivity contribution in [2.75, 3.05) is 5.32 Å². The Labute approximate surface area is 130 Å². The highest BCUT2D eigenvalue weighted by molar-refractivity contribution is 7.22. The van der Waals surface area contributed by atoms with Crippen LogP contribution in [0.4, 0.5) is 9.93 Å². The van der Waals surface area contributed by atoms with Gasteiger partial charge in [0.1, 0.15) is 0 Å². The van der Waals surface area contributed by atoms with Gasteiger partial charge in [0.05, 0.1) is 10.2 Å². The molecule has 0 saturated carbocycles.